The number of hydrogen-bond acceptors (Lipinski definition) is 3. The van der Waals surface area contributed by atoms with Crippen LogP contribution in [0.3, 0.4) is 0 Å². The van der Waals surface area contributed by atoms with E-state index in [0.29, 0.717) is 12.2 Å². The van der Waals surface area contributed by atoms with Gasteiger partial charge in [-0.1, -0.05) is 24.3 Å². The Bertz CT molecular complexity index is 999. The molecule has 1 atom stereocenters. The van der Waals surface area contributed by atoms with Crippen LogP contribution in [0.5, 0.6) is 0 Å². The number of carbonyl (C=O) groups excluding carboxylic acids is 1. The summed E-state index contributed by atoms with van der Waals surface area (Å²) in [5.41, 5.74) is 3.90. The Hall–Kier alpha value is -2.99. The highest BCUT2D eigenvalue weighted by molar-refractivity contribution is 5.92. The molecule has 1 aromatic heterocycles. The molecule has 6 heteroatoms. The maximum Gasteiger partial charge on any atom is 0.274 e. The van der Waals surface area contributed by atoms with Gasteiger partial charge >= 0.3 is 0 Å². The summed E-state index contributed by atoms with van der Waals surface area (Å²) in [5.74, 6) is -0.528. The van der Waals surface area contributed by atoms with Gasteiger partial charge in [0.25, 0.3) is 5.91 Å². The van der Waals surface area contributed by atoms with Crippen LogP contribution in [0.25, 0.3) is 5.69 Å². The number of fused-ring (bicyclic) bond motifs is 1. The Morgan fingerprint density at radius 1 is 1.26 bits per heavy atom. The third kappa shape index (κ3) is 3.13. The van der Waals surface area contributed by atoms with Gasteiger partial charge in [-0.15, -0.1) is 0 Å². The molecule has 1 N–H and O–H groups in total. The number of rotatable bonds is 3. The number of amides is 1. The number of aryl methyl sites for hydroxylation is 1. The van der Waals surface area contributed by atoms with Crippen LogP contribution in [0.15, 0.2) is 54.7 Å². The Labute approximate surface area is 156 Å². The normalized spacial score (nSPS) is 16.3. The molecule has 0 radical (unpaired) electrons. The van der Waals surface area contributed by atoms with Gasteiger partial charge in [0.2, 0.25) is 0 Å². The van der Waals surface area contributed by atoms with Gasteiger partial charge in [0.05, 0.1) is 18.3 Å². The summed E-state index contributed by atoms with van der Waals surface area (Å²) < 4.78 is 14.9. The van der Waals surface area contributed by atoms with Crippen LogP contribution in [-0.2, 0) is 6.42 Å². The van der Waals surface area contributed by atoms with Crippen LogP contribution in [-0.4, -0.2) is 38.8 Å². The molecule has 5 nitrogen and oxygen atoms in total. The smallest absolute Gasteiger partial charge is 0.274 e. The van der Waals surface area contributed by atoms with Crippen molar-refractivity contribution >= 4 is 5.91 Å². The van der Waals surface area contributed by atoms with Crippen LogP contribution >= 0.6 is 0 Å². The SMILES string of the molecule is Cc1cc(F)ccc1-n1ccc(C(=O)N2CCc3ccccc3C2CO)n1. The number of carbonyl (C=O) groups is 1. The molecule has 0 saturated heterocycles. The predicted molar refractivity (Wildman–Crippen MR) is 99.3 cm³/mol. The van der Waals surface area contributed by atoms with E-state index in [9.17, 15) is 14.3 Å². The van der Waals surface area contributed by atoms with Gasteiger partial charge in [-0.2, -0.15) is 5.10 Å². The molecule has 1 aliphatic heterocycles. The molecule has 138 valence electrons. The Morgan fingerprint density at radius 2 is 2.07 bits per heavy atom. The van der Waals surface area contributed by atoms with Crippen molar-refractivity contribution < 1.29 is 14.3 Å². The molecule has 3 aromatic rings. The fourth-order valence-corrected chi connectivity index (χ4v) is 3.69. The van der Waals surface area contributed by atoms with Crippen molar-refractivity contribution in [1.29, 1.82) is 0 Å². The molecular weight excluding hydrogens is 345 g/mol. The van der Waals surface area contributed by atoms with Gasteiger partial charge in [-0.05, 0) is 54.3 Å². The van der Waals surface area contributed by atoms with Crippen molar-refractivity contribution in [3.05, 3.63) is 82.9 Å². The summed E-state index contributed by atoms with van der Waals surface area (Å²) in [6, 6.07) is 13.6. The van der Waals surface area contributed by atoms with Gasteiger partial charge in [0.15, 0.2) is 5.69 Å². The van der Waals surface area contributed by atoms with Crippen LogP contribution < -0.4 is 0 Å². The average Bonchev–Trinajstić information content (AvgIpc) is 3.16. The summed E-state index contributed by atoms with van der Waals surface area (Å²) in [5, 5.41) is 14.3. The average molecular weight is 365 g/mol. The van der Waals surface area contributed by atoms with E-state index >= 15 is 0 Å². The lowest BCUT2D eigenvalue weighted by Crippen LogP contribution is -2.41. The van der Waals surface area contributed by atoms with Crippen LogP contribution in [0.1, 0.15) is 33.2 Å². The van der Waals surface area contributed by atoms with Crippen LogP contribution in [0, 0.1) is 12.7 Å². The van der Waals surface area contributed by atoms with Crippen molar-refractivity contribution in [3.63, 3.8) is 0 Å². The minimum atomic E-state index is -0.375. The third-order valence-electron chi connectivity index (χ3n) is 5.06. The Kier molecular flexibility index (Phi) is 4.49. The molecule has 1 amide bonds. The monoisotopic (exact) mass is 365 g/mol. The summed E-state index contributed by atoms with van der Waals surface area (Å²) in [4.78, 5) is 14.7. The van der Waals surface area contributed by atoms with E-state index in [2.05, 4.69) is 5.10 Å². The molecule has 2 heterocycles. The number of aliphatic hydroxyl groups excluding tert-OH is 1. The minimum Gasteiger partial charge on any atom is -0.394 e. The van der Waals surface area contributed by atoms with E-state index in [4.69, 9.17) is 0 Å². The van der Waals surface area contributed by atoms with Crippen LogP contribution in [0.4, 0.5) is 4.39 Å². The van der Waals surface area contributed by atoms with E-state index in [-0.39, 0.29) is 24.4 Å². The van der Waals surface area contributed by atoms with Crippen LogP contribution in [0.2, 0.25) is 0 Å². The zero-order valence-corrected chi connectivity index (χ0v) is 15.0. The van der Waals surface area contributed by atoms with Gasteiger partial charge in [-0.3, -0.25) is 4.79 Å². The van der Waals surface area contributed by atoms with Crippen molar-refractivity contribution in [3.8, 4) is 5.69 Å². The Morgan fingerprint density at radius 3 is 2.85 bits per heavy atom. The van der Waals surface area contributed by atoms with Gasteiger partial charge in [0, 0.05) is 12.7 Å². The zero-order chi connectivity index (χ0) is 19.0. The maximum atomic E-state index is 13.3. The fourth-order valence-electron chi connectivity index (χ4n) is 3.69. The number of halogens is 1. The molecule has 0 bridgehead atoms. The highest BCUT2D eigenvalue weighted by Gasteiger charge is 2.31. The molecule has 0 spiro atoms. The second kappa shape index (κ2) is 6.96. The lowest BCUT2D eigenvalue weighted by Gasteiger charge is -2.36. The number of hydrogen-bond donors (Lipinski definition) is 1. The van der Waals surface area contributed by atoms with Gasteiger partial charge < -0.3 is 10.0 Å². The molecule has 0 fully saturated rings. The zero-order valence-electron chi connectivity index (χ0n) is 15.0. The Balaban J connectivity index is 1.63. The van der Waals surface area contributed by atoms with Crippen molar-refractivity contribution in [1.82, 2.24) is 14.7 Å². The lowest BCUT2D eigenvalue weighted by atomic mass is 9.93. The first-order chi connectivity index (χ1) is 13.1. The molecule has 4 rings (SSSR count). The quantitative estimate of drug-likeness (QED) is 0.776. The van der Waals surface area contributed by atoms with Crippen molar-refractivity contribution in [2.24, 2.45) is 0 Å². The number of nitrogens with zero attached hydrogens (tertiary/aromatic N) is 3. The minimum absolute atomic E-state index is 0.138. The van der Waals surface area contributed by atoms with E-state index in [1.54, 1.807) is 34.8 Å². The highest BCUT2D eigenvalue weighted by atomic mass is 19.1. The van der Waals surface area contributed by atoms with Gasteiger partial charge in [0.1, 0.15) is 5.82 Å². The standard InChI is InChI=1S/C21H20FN3O2/c1-14-12-16(22)6-7-19(14)25-11-9-18(23-25)21(27)24-10-8-15-4-2-3-5-17(15)20(24)13-26/h2-7,9,11-12,20,26H,8,10,13H2,1H3. The van der Waals surface area contributed by atoms with Crippen molar-refractivity contribution in [2.45, 2.75) is 19.4 Å². The third-order valence-corrected chi connectivity index (χ3v) is 5.06. The maximum absolute atomic E-state index is 13.3. The molecule has 1 aliphatic rings. The highest BCUT2D eigenvalue weighted by Crippen LogP contribution is 2.30. The van der Waals surface area contributed by atoms with E-state index in [1.807, 2.05) is 24.3 Å². The molecule has 27 heavy (non-hydrogen) atoms. The first-order valence-corrected chi connectivity index (χ1v) is 8.90. The first kappa shape index (κ1) is 17.4. The molecule has 1 unspecified atom stereocenters. The summed E-state index contributed by atoms with van der Waals surface area (Å²) in [6.45, 7) is 2.19. The topological polar surface area (TPSA) is 58.4 Å². The second-order valence-corrected chi connectivity index (χ2v) is 6.72. The number of aromatic nitrogens is 2. The molecule has 0 saturated carbocycles. The molecule has 0 aliphatic carbocycles. The number of aliphatic hydroxyl groups is 1. The summed E-state index contributed by atoms with van der Waals surface area (Å²) >= 11 is 0. The fraction of sp³-hybridized carbons (Fsp3) is 0.238. The van der Waals surface area contributed by atoms with Crippen molar-refractivity contribution in [2.75, 3.05) is 13.2 Å². The summed E-state index contributed by atoms with van der Waals surface area (Å²) in [7, 11) is 0. The molecular formula is C21H20FN3O2. The summed E-state index contributed by atoms with van der Waals surface area (Å²) in [6.07, 6.45) is 2.44. The predicted octanol–water partition coefficient (Wildman–Crippen LogP) is 3.05. The molecule has 2 aromatic carbocycles. The second-order valence-electron chi connectivity index (χ2n) is 6.72. The van der Waals surface area contributed by atoms with E-state index < -0.39 is 0 Å². The van der Waals surface area contributed by atoms with Gasteiger partial charge in [-0.25, -0.2) is 9.07 Å². The first-order valence-electron chi connectivity index (χ1n) is 8.90. The lowest BCUT2D eigenvalue weighted by molar-refractivity contribution is 0.0562. The largest absolute Gasteiger partial charge is 0.394 e. The van der Waals surface area contributed by atoms with E-state index in [1.165, 1.54) is 12.1 Å². The van der Waals surface area contributed by atoms with E-state index in [0.717, 1.165) is 28.8 Å². The number of benzene rings is 2.